The van der Waals surface area contributed by atoms with Crippen molar-refractivity contribution >= 4 is 28.5 Å². The van der Waals surface area contributed by atoms with Crippen molar-refractivity contribution in [3.05, 3.63) is 65.2 Å². The molecule has 0 aliphatic heterocycles. The van der Waals surface area contributed by atoms with E-state index in [0.717, 1.165) is 16.9 Å². The van der Waals surface area contributed by atoms with E-state index >= 15 is 0 Å². The van der Waals surface area contributed by atoms with Crippen LogP contribution >= 0.6 is 11.6 Å². The normalized spacial score (nSPS) is 12.6. The maximum atomic E-state index is 13.4. The molecule has 1 amide bonds. The molecule has 4 rings (SSSR count). The van der Waals surface area contributed by atoms with Crippen molar-refractivity contribution in [3.63, 3.8) is 0 Å². The van der Waals surface area contributed by atoms with Gasteiger partial charge in [0.25, 0.3) is 5.91 Å². The van der Waals surface area contributed by atoms with Crippen LogP contribution in [0.2, 0.25) is 5.02 Å². The van der Waals surface area contributed by atoms with Crippen LogP contribution in [-0.4, -0.2) is 35.7 Å². The minimum absolute atomic E-state index is 0.113. The van der Waals surface area contributed by atoms with E-state index in [1.54, 1.807) is 18.2 Å². The number of benzene rings is 2. The SMILES string of the molecule is CC(C)[C@@H](NC(=O)c1ccc(Cl)cc1-n1cnnn1)c1nc2ccccc2n1C(C)C. The van der Waals surface area contributed by atoms with Gasteiger partial charge >= 0.3 is 0 Å². The molecule has 8 nitrogen and oxygen atoms in total. The number of aromatic nitrogens is 6. The van der Waals surface area contributed by atoms with Crippen molar-refractivity contribution in [2.24, 2.45) is 5.92 Å². The van der Waals surface area contributed by atoms with Gasteiger partial charge in [-0.15, -0.1) is 5.10 Å². The van der Waals surface area contributed by atoms with Gasteiger partial charge < -0.3 is 9.88 Å². The topological polar surface area (TPSA) is 90.5 Å². The maximum Gasteiger partial charge on any atom is 0.254 e. The number of hydrogen-bond acceptors (Lipinski definition) is 5. The molecule has 160 valence electrons. The fourth-order valence-corrected chi connectivity index (χ4v) is 3.90. The molecule has 2 aromatic heterocycles. The van der Waals surface area contributed by atoms with Crippen molar-refractivity contribution in [1.29, 1.82) is 0 Å². The highest BCUT2D eigenvalue weighted by Crippen LogP contribution is 2.29. The molecule has 9 heteroatoms. The Bertz CT molecular complexity index is 1210. The number of nitrogens with zero attached hydrogens (tertiary/aromatic N) is 6. The molecule has 0 bridgehead atoms. The van der Waals surface area contributed by atoms with E-state index in [0.29, 0.717) is 16.3 Å². The Morgan fingerprint density at radius 3 is 2.55 bits per heavy atom. The van der Waals surface area contributed by atoms with Crippen LogP contribution in [0, 0.1) is 5.92 Å². The lowest BCUT2D eigenvalue weighted by molar-refractivity contribution is 0.0921. The smallest absolute Gasteiger partial charge is 0.254 e. The quantitative estimate of drug-likeness (QED) is 0.483. The van der Waals surface area contributed by atoms with Gasteiger partial charge in [0, 0.05) is 11.1 Å². The van der Waals surface area contributed by atoms with Crippen molar-refractivity contribution in [2.75, 3.05) is 0 Å². The largest absolute Gasteiger partial charge is 0.342 e. The summed E-state index contributed by atoms with van der Waals surface area (Å²) in [6, 6.07) is 12.9. The molecule has 0 saturated carbocycles. The van der Waals surface area contributed by atoms with Crippen LogP contribution in [-0.2, 0) is 0 Å². The highest BCUT2D eigenvalue weighted by Gasteiger charge is 2.27. The van der Waals surface area contributed by atoms with Crippen LogP contribution in [0.15, 0.2) is 48.8 Å². The molecule has 0 unspecified atom stereocenters. The lowest BCUT2D eigenvalue weighted by atomic mass is 10.0. The molecule has 2 aromatic carbocycles. The van der Waals surface area contributed by atoms with Crippen molar-refractivity contribution in [2.45, 2.75) is 39.8 Å². The zero-order valence-electron chi connectivity index (χ0n) is 17.8. The number of halogens is 1. The Hall–Kier alpha value is -3.26. The number of rotatable bonds is 6. The molecular weight excluding hydrogens is 414 g/mol. The van der Waals surface area contributed by atoms with E-state index in [1.165, 1.54) is 11.0 Å². The van der Waals surface area contributed by atoms with Crippen molar-refractivity contribution < 1.29 is 4.79 Å². The minimum Gasteiger partial charge on any atom is -0.342 e. The molecule has 1 N–H and O–H groups in total. The van der Waals surface area contributed by atoms with Gasteiger partial charge in [0.05, 0.1) is 28.3 Å². The standard InChI is InChI=1S/C22H24ClN7O/c1-13(2)20(21-25-17-7-5-6-8-18(17)30(21)14(3)4)26-22(31)16-10-9-15(23)11-19(16)29-12-24-27-28-29/h5-14,20H,1-4H3,(H,26,31)/t20-/m1/s1. The Morgan fingerprint density at radius 1 is 1.10 bits per heavy atom. The Morgan fingerprint density at radius 2 is 1.87 bits per heavy atom. The molecule has 0 fully saturated rings. The summed E-state index contributed by atoms with van der Waals surface area (Å²) in [5.41, 5.74) is 2.89. The number of imidazole rings is 1. The average molecular weight is 438 g/mol. The first kappa shape index (κ1) is 21.0. The number of fused-ring (bicyclic) bond motifs is 1. The summed E-state index contributed by atoms with van der Waals surface area (Å²) in [5, 5.41) is 14.9. The Labute approximate surface area is 185 Å². The minimum atomic E-state index is -0.292. The molecular formula is C22H24ClN7O. The molecule has 2 heterocycles. The molecule has 31 heavy (non-hydrogen) atoms. The zero-order valence-corrected chi connectivity index (χ0v) is 18.6. The lowest BCUT2D eigenvalue weighted by Gasteiger charge is -2.25. The summed E-state index contributed by atoms with van der Waals surface area (Å²) in [6.07, 6.45) is 1.43. The summed E-state index contributed by atoms with van der Waals surface area (Å²) >= 11 is 6.16. The fraction of sp³-hybridized carbons (Fsp3) is 0.318. The van der Waals surface area contributed by atoms with Crippen LogP contribution in [0.4, 0.5) is 0 Å². The van der Waals surface area contributed by atoms with Crippen LogP contribution < -0.4 is 5.32 Å². The number of para-hydroxylation sites is 2. The Balaban J connectivity index is 1.75. The van der Waals surface area contributed by atoms with E-state index in [4.69, 9.17) is 16.6 Å². The van der Waals surface area contributed by atoms with Crippen molar-refractivity contribution in [3.8, 4) is 5.69 Å². The predicted octanol–water partition coefficient (Wildman–Crippen LogP) is 4.37. The van der Waals surface area contributed by atoms with Crippen LogP contribution in [0.1, 0.15) is 56.0 Å². The second-order valence-corrected chi connectivity index (χ2v) is 8.47. The highest BCUT2D eigenvalue weighted by atomic mass is 35.5. The number of amides is 1. The van der Waals surface area contributed by atoms with Gasteiger partial charge in [-0.1, -0.05) is 37.6 Å². The number of nitrogens with one attached hydrogen (secondary N) is 1. The van der Waals surface area contributed by atoms with Gasteiger partial charge in [-0.05, 0) is 60.5 Å². The van der Waals surface area contributed by atoms with Gasteiger partial charge in [-0.3, -0.25) is 4.79 Å². The molecule has 1 atom stereocenters. The summed E-state index contributed by atoms with van der Waals surface area (Å²) < 4.78 is 3.61. The number of carbonyl (C=O) groups is 1. The van der Waals surface area contributed by atoms with E-state index in [-0.39, 0.29) is 23.9 Å². The number of hydrogen-bond donors (Lipinski definition) is 1. The van der Waals surface area contributed by atoms with Gasteiger partial charge in [0.1, 0.15) is 12.2 Å². The number of tetrazole rings is 1. The molecule has 0 spiro atoms. The average Bonchev–Trinajstić information content (AvgIpc) is 3.39. The molecule has 0 aliphatic carbocycles. The predicted molar refractivity (Wildman–Crippen MR) is 119 cm³/mol. The summed E-state index contributed by atoms with van der Waals surface area (Å²) in [4.78, 5) is 18.3. The van der Waals surface area contributed by atoms with E-state index in [9.17, 15) is 4.79 Å². The van der Waals surface area contributed by atoms with Gasteiger partial charge in [-0.2, -0.15) is 4.68 Å². The molecule has 4 aromatic rings. The highest BCUT2D eigenvalue weighted by molar-refractivity contribution is 6.31. The first-order valence-corrected chi connectivity index (χ1v) is 10.5. The monoisotopic (exact) mass is 437 g/mol. The third-order valence-corrected chi connectivity index (χ3v) is 5.41. The van der Waals surface area contributed by atoms with E-state index in [2.05, 4.69) is 59.2 Å². The molecule has 0 aliphatic rings. The first-order chi connectivity index (χ1) is 14.9. The third-order valence-electron chi connectivity index (χ3n) is 5.17. The summed E-state index contributed by atoms with van der Waals surface area (Å²) in [5.74, 6) is 0.697. The molecule has 0 saturated heterocycles. The second kappa shape index (κ2) is 8.47. The summed E-state index contributed by atoms with van der Waals surface area (Å²) in [7, 11) is 0. The van der Waals surface area contributed by atoms with Crippen LogP contribution in [0.5, 0.6) is 0 Å². The van der Waals surface area contributed by atoms with Gasteiger partial charge in [0.2, 0.25) is 0 Å². The van der Waals surface area contributed by atoms with Gasteiger partial charge in [0.15, 0.2) is 0 Å². The van der Waals surface area contributed by atoms with Crippen LogP contribution in [0.25, 0.3) is 16.7 Å². The summed E-state index contributed by atoms with van der Waals surface area (Å²) in [6.45, 7) is 8.37. The fourth-order valence-electron chi connectivity index (χ4n) is 3.73. The van der Waals surface area contributed by atoms with E-state index in [1.807, 2.05) is 18.2 Å². The van der Waals surface area contributed by atoms with Crippen molar-refractivity contribution in [1.82, 2.24) is 35.1 Å². The first-order valence-electron chi connectivity index (χ1n) is 10.2. The third kappa shape index (κ3) is 4.03. The zero-order chi connectivity index (χ0) is 22.1. The second-order valence-electron chi connectivity index (χ2n) is 8.03. The molecule has 0 radical (unpaired) electrons. The maximum absolute atomic E-state index is 13.4. The van der Waals surface area contributed by atoms with Crippen LogP contribution in [0.3, 0.4) is 0 Å². The van der Waals surface area contributed by atoms with E-state index < -0.39 is 0 Å². The van der Waals surface area contributed by atoms with Gasteiger partial charge in [-0.25, -0.2) is 4.98 Å². The lowest BCUT2D eigenvalue weighted by Crippen LogP contribution is -2.34. The Kier molecular flexibility index (Phi) is 5.73. The number of carbonyl (C=O) groups excluding carboxylic acids is 1.